The molecule has 0 bridgehead atoms. The standard InChI is InChI=1S/C24H32N4O4/c1-18-25-26-24(32-18)16-28(3)14-20-10-11-22(30-4)23(12-20)31-17-21(29)15-27(2)13-19-8-6-5-7-9-19/h5-12,21,29H,13-17H2,1-4H3. The summed E-state index contributed by atoms with van der Waals surface area (Å²) in [6, 6.07) is 16.0. The van der Waals surface area contributed by atoms with Crippen LogP contribution in [0.25, 0.3) is 0 Å². The average molecular weight is 441 g/mol. The van der Waals surface area contributed by atoms with Gasteiger partial charge in [0.1, 0.15) is 12.7 Å². The lowest BCUT2D eigenvalue weighted by Gasteiger charge is -2.22. The van der Waals surface area contributed by atoms with Gasteiger partial charge in [0.15, 0.2) is 11.5 Å². The zero-order valence-electron chi connectivity index (χ0n) is 19.2. The summed E-state index contributed by atoms with van der Waals surface area (Å²) in [5.74, 6) is 2.38. The molecule has 0 aliphatic rings. The van der Waals surface area contributed by atoms with E-state index in [-0.39, 0.29) is 6.61 Å². The van der Waals surface area contributed by atoms with Crippen molar-refractivity contribution in [3.8, 4) is 11.5 Å². The van der Waals surface area contributed by atoms with Gasteiger partial charge in [-0.05, 0) is 37.4 Å². The number of aromatic nitrogens is 2. The van der Waals surface area contributed by atoms with E-state index in [0.29, 0.717) is 42.9 Å². The number of rotatable bonds is 12. The summed E-state index contributed by atoms with van der Waals surface area (Å²) in [5, 5.41) is 18.4. The van der Waals surface area contributed by atoms with E-state index >= 15 is 0 Å². The van der Waals surface area contributed by atoms with Gasteiger partial charge >= 0.3 is 0 Å². The molecule has 8 heteroatoms. The van der Waals surface area contributed by atoms with E-state index in [1.54, 1.807) is 14.0 Å². The first-order valence-corrected chi connectivity index (χ1v) is 10.6. The van der Waals surface area contributed by atoms with E-state index in [1.807, 2.05) is 50.5 Å². The summed E-state index contributed by atoms with van der Waals surface area (Å²) in [7, 11) is 5.57. The Kier molecular flexibility index (Phi) is 8.61. The topological polar surface area (TPSA) is 84.1 Å². The van der Waals surface area contributed by atoms with Crippen LogP contribution < -0.4 is 9.47 Å². The Morgan fingerprint density at radius 2 is 1.69 bits per heavy atom. The molecule has 1 aromatic heterocycles. The number of aryl methyl sites for hydroxylation is 1. The van der Waals surface area contributed by atoms with Gasteiger partial charge in [-0.2, -0.15) is 0 Å². The van der Waals surface area contributed by atoms with Crippen LogP contribution in [0.15, 0.2) is 52.9 Å². The minimum atomic E-state index is -0.625. The number of aliphatic hydroxyl groups is 1. The number of ether oxygens (including phenoxy) is 2. The predicted molar refractivity (Wildman–Crippen MR) is 121 cm³/mol. The van der Waals surface area contributed by atoms with Gasteiger partial charge in [-0.1, -0.05) is 36.4 Å². The Morgan fingerprint density at radius 3 is 2.38 bits per heavy atom. The van der Waals surface area contributed by atoms with Crippen molar-refractivity contribution in [3.63, 3.8) is 0 Å². The number of hydrogen-bond acceptors (Lipinski definition) is 8. The van der Waals surface area contributed by atoms with Crippen molar-refractivity contribution >= 4 is 0 Å². The number of hydrogen-bond donors (Lipinski definition) is 1. The molecular weight excluding hydrogens is 408 g/mol. The van der Waals surface area contributed by atoms with Crippen LogP contribution in [-0.2, 0) is 19.6 Å². The second-order valence-corrected chi connectivity index (χ2v) is 8.02. The molecule has 1 unspecified atom stereocenters. The third-order valence-electron chi connectivity index (χ3n) is 4.90. The minimum absolute atomic E-state index is 0.177. The maximum absolute atomic E-state index is 10.5. The molecule has 0 amide bonds. The highest BCUT2D eigenvalue weighted by Gasteiger charge is 2.14. The highest BCUT2D eigenvalue weighted by Crippen LogP contribution is 2.29. The Hall–Kier alpha value is -2.94. The Balaban J connectivity index is 1.53. The van der Waals surface area contributed by atoms with Crippen LogP contribution in [0.2, 0.25) is 0 Å². The number of aliphatic hydroxyl groups excluding tert-OH is 1. The molecule has 0 saturated heterocycles. The van der Waals surface area contributed by atoms with Gasteiger partial charge in [0.05, 0.1) is 13.7 Å². The number of methoxy groups -OCH3 is 1. The molecule has 172 valence electrons. The third kappa shape index (κ3) is 7.33. The lowest BCUT2D eigenvalue weighted by molar-refractivity contribution is 0.0732. The molecule has 2 aromatic carbocycles. The Labute approximate surface area is 189 Å². The molecular formula is C24H32N4O4. The highest BCUT2D eigenvalue weighted by molar-refractivity contribution is 5.43. The molecule has 0 saturated carbocycles. The third-order valence-corrected chi connectivity index (χ3v) is 4.90. The quantitative estimate of drug-likeness (QED) is 0.460. The van der Waals surface area contributed by atoms with E-state index in [4.69, 9.17) is 13.9 Å². The van der Waals surface area contributed by atoms with E-state index < -0.39 is 6.10 Å². The maximum Gasteiger partial charge on any atom is 0.230 e. The molecule has 32 heavy (non-hydrogen) atoms. The van der Waals surface area contributed by atoms with Gasteiger partial charge in [0, 0.05) is 26.6 Å². The number of nitrogens with zero attached hydrogens (tertiary/aromatic N) is 4. The molecule has 0 aliphatic carbocycles. The first-order chi connectivity index (χ1) is 15.4. The summed E-state index contributed by atoms with van der Waals surface area (Å²) in [6.07, 6.45) is -0.625. The first kappa shape index (κ1) is 23.7. The fourth-order valence-electron chi connectivity index (χ4n) is 3.49. The van der Waals surface area contributed by atoms with Crippen LogP contribution in [0.3, 0.4) is 0 Å². The highest BCUT2D eigenvalue weighted by atomic mass is 16.5. The summed E-state index contributed by atoms with van der Waals surface area (Å²) >= 11 is 0. The van der Waals surface area contributed by atoms with Crippen molar-refractivity contribution in [2.45, 2.75) is 32.7 Å². The Morgan fingerprint density at radius 1 is 0.938 bits per heavy atom. The summed E-state index contributed by atoms with van der Waals surface area (Å²) < 4.78 is 16.8. The second-order valence-electron chi connectivity index (χ2n) is 8.02. The second kappa shape index (κ2) is 11.6. The zero-order valence-corrected chi connectivity index (χ0v) is 19.2. The number of benzene rings is 2. The van der Waals surface area contributed by atoms with Crippen LogP contribution in [0.4, 0.5) is 0 Å². The van der Waals surface area contributed by atoms with Crippen LogP contribution in [0.5, 0.6) is 11.5 Å². The van der Waals surface area contributed by atoms with Crippen molar-refractivity contribution in [3.05, 3.63) is 71.4 Å². The van der Waals surface area contributed by atoms with Crippen molar-refractivity contribution in [2.75, 3.05) is 34.4 Å². The molecule has 1 heterocycles. The van der Waals surface area contributed by atoms with E-state index in [9.17, 15) is 5.11 Å². The van der Waals surface area contributed by atoms with Crippen LogP contribution in [0, 0.1) is 6.92 Å². The summed E-state index contributed by atoms with van der Waals surface area (Å²) in [4.78, 5) is 4.15. The van der Waals surface area contributed by atoms with Gasteiger partial charge in [0.25, 0.3) is 0 Å². The fraction of sp³-hybridized carbons (Fsp3) is 0.417. The SMILES string of the molecule is COc1ccc(CN(C)Cc2nnc(C)o2)cc1OCC(O)CN(C)Cc1ccccc1. The summed E-state index contributed by atoms with van der Waals surface area (Å²) in [6.45, 7) is 4.44. The normalized spacial score (nSPS) is 12.3. The predicted octanol–water partition coefficient (Wildman–Crippen LogP) is 2.89. The molecule has 3 aromatic rings. The molecule has 0 radical (unpaired) electrons. The van der Waals surface area contributed by atoms with Gasteiger partial charge in [-0.3, -0.25) is 9.80 Å². The van der Waals surface area contributed by atoms with Gasteiger partial charge in [-0.25, -0.2) is 0 Å². The summed E-state index contributed by atoms with van der Waals surface area (Å²) in [5.41, 5.74) is 2.26. The molecule has 0 aliphatic heterocycles. The van der Waals surface area contributed by atoms with E-state index in [1.165, 1.54) is 5.56 Å². The zero-order chi connectivity index (χ0) is 22.9. The lowest BCUT2D eigenvalue weighted by Crippen LogP contribution is -2.32. The van der Waals surface area contributed by atoms with Crippen molar-refractivity contribution in [2.24, 2.45) is 0 Å². The number of likely N-dealkylation sites (N-methyl/N-ethyl adjacent to an activating group) is 1. The maximum atomic E-state index is 10.5. The molecule has 8 nitrogen and oxygen atoms in total. The van der Waals surface area contributed by atoms with Gasteiger partial charge in [0.2, 0.25) is 11.8 Å². The fourth-order valence-corrected chi connectivity index (χ4v) is 3.49. The Bertz CT molecular complexity index is 964. The van der Waals surface area contributed by atoms with E-state index in [0.717, 1.165) is 12.1 Å². The van der Waals surface area contributed by atoms with Crippen molar-refractivity contribution in [1.82, 2.24) is 20.0 Å². The van der Waals surface area contributed by atoms with Crippen LogP contribution in [-0.4, -0.2) is 65.6 Å². The average Bonchev–Trinajstić information content (AvgIpc) is 3.17. The monoisotopic (exact) mass is 440 g/mol. The molecule has 0 spiro atoms. The van der Waals surface area contributed by atoms with Gasteiger partial charge in [-0.15, -0.1) is 10.2 Å². The van der Waals surface area contributed by atoms with Crippen LogP contribution >= 0.6 is 0 Å². The van der Waals surface area contributed by atoms with Crippen molar-refractivity contribution in [1.29, 1.82) is 0 Å². The van der Waals surface area contributed by atoms with E-state index in [2.05, 4.69) is 32.1 Å². The molecule has 0 fully saturated rings. The lowest BCUT2D eigenvalue weighted by atomic mass is 10.2. The largest absolute Gasteiger partial charge is 0.493 e. The van der Waals surface area contributed by atoms with Gasteiger partial charge < -0.3 is 19.0 Å². The smallest absolute Gasteiger partial charge is 0.230 e. The minimum Gasteiger partial charge on any atom is -0.493 e. The molecule has 3 rings (SSSR count). The molecule has 1 atom stereocenters. The molecule has 1 N–H and O–H groups in total. The van der Waals surface area contributed by atoms with Crippen LogP contribution in [0.1, 0.15) is 22.9 Å². The first-order valence-electron chi connectivity index (χ1n) is 10.6. The van der Waals surface area contributed by atoms with Crippen molar-refractivity contribution < 1.29 is 19.0 Å².